The molecule has 2 fully saturated rings. The van der Waals surface area contributed by atoms with Crippen LogP contribution in [0, 0.1) is 5.82 Å². The maximum atomic E-state index is 14.9. The summed E-state index contributed by atoms with van der Waals surface area (Å²) >= 11 is 6.00. The quantitative estimate of drug-likeness (QED) is 0.186. The third-order valence-electron chi connectivity index (χ3n) is 9.61. The lowest BCUT2D eigenvalue weighted by molar-refractivity contribution is -0.0712. The number of piperidine rings is 1. The van der Waals surface area contributed by atoms with E-state index in [4.69, 9.17) is 30.8 Å². The molecule has 2 saturated heterocycles. The number of hydrogen-bond donors (Lipinski definition) is 1. The predicted octanol–water partition coefficient (Wildman–Crippen LogP) is 7.29. The molecule has 48 heavy (non-hydrogen) atoms. The predicted molar refractivity (Wildman–Crippen MR) is 180 cm³/mol. The van der Waals surface area contributed by atoms with Crippen molar-refractivity contribution in [1.82, 2.24) is 19.4 Å². The van der Waals surface area contributed by atoms with E-state index in [2.05, 4.69) is 25.8 Å². The highest BCUT2D eigenvalue weighted by atomic mass is 35.5. The van der Waals surface area contributed by atoms with Gasteiger partial charge in [-0.05, 0) is 92.9 Å². The molecular formula is C37H35ClFN5O4. The Morgan fingerprint density at radius 3 is 2.67 bits per heavy atom. The zero-order valence-electron chi connectivity index (χ0n) is 26.5. The van der Waals surface area contributed by atoms with Crippen LogP contribution in [0.5, 0.6) is 11.5 Å². The summed E-state index contributed by atoms with van der Waals surface area (Å²) in [4.78, 5) is 24.3. The number of carbonyl (C=O) groups is 1. The van der Waals surface area contributed by atoms with Gasteiger partial charge in [-0.15, -0.1) is 0 Å². The summed E-state index contributed by atoms with van der Waals surface area (Å²) in [5, 5.41) is 3.30. The number of halogens is 2. The Balaban J connectivity index is 0.978. The van der Waals surface area contributed by atoms with Crippen molar-refractivity contribution in [3.63, 3.8) is 0 Å². The molecule has 11 heteroatoms. The number of ether oxygens (including phenoxy) is 3. The van der Waals surface area contributed by atoms with Crippen LogP contribution in [0.15, 0.2) is 79.1 Å². The molecule has 5 heterocycles. The first-order valence-corrected chi connectivity index (χ1v) is 16.7. The Morgan fingerprint density at radius 1 is 1.06 bits per heavy atom. The second-order valence-corrected chi connectivity index (χ2v) is 13.3. The largest absolute Gasteiger partial charge is 0.444 e. The molecular weight excluding hydrogens is 633 g/mol. The molecule has 3 aromatic carbocycles. The minimum Gasteiger partial charge on any atom is -0.444 e. The number of para-hydroxylation sites is 1. The van der Waals surface area contributed by atoms with Gasteiger partial charge < -0.3 is 24.1 Å². The Hall–Kier alpha value is -4.51. The number of benzene rings is 3. The number of nitrogens with zero attached hydrogens (tertiary/aromatic N) is 4. The number of rotatable bonds is 8. The Kier molecular flexibility index (Phi) is 8.02. The molecule has 9 nitrogen and oxygen atoms in total. The Bertz CT molecular complexity index is 1990. The van der Waals surface area contributed by atoms with Gasteiger partial charge in [-0.2, -0.15) is 0 Å². The number of anilines is 1. The maximum absolute atomic E-state index is 14.9. The van der Waals surface area contributed by atoms with Crippen LogP contribution in [0.3, 0.4) is 0 Å². The minimum atomic E-state index is -1.28. The average molecular weight is 668 g/mol. The number of fused-ring (bicyclic) bond motifs is 2. The molecule has 1 amide bonds. The van der Waals surface area contributed by atoms with Crippen molar-refractivity contribution >= 4 is 34.2 Å². The minimum absolute atomic E-state index is 0.172. The van der Waals surface area contributed by atoms with E-state index < -0.39 is 11.6 Å². The van der Waals surface area contributed by atoms with Gasteiger partial charge in [-0.1, -0.05) is 23.7 Å². The molecule has 3 aliphatic heterocycles. The Labute approximate surface area is 282 Å². The first-order chi connectivity index (χ1) is 23.3. The van der Waals surface area contributed by atoms with Gasteiger partial charge >= 0.3 is 0 Å². The maximum Gasteiger partial charge on any atom is 0.278 e. The number of nitrogens with one attached hydrogen (secondary N) is 1. The lowest BCUT2D eigenvalue weighted by atomic mass is 9.88. The third-order valence-corrected chi connectivity index (χ3v) is 9.85. The van der Waals surface area contributed by atoms with Gasteiger partial charge in [0.1, 0.15) is 11.6 Å². The van der Waals surface area contributed by atoms with Crippen LogP contribution in [0.1, 0.15) is 59.4 Å². The van der Waals surface area contributed by atoms with Gasteiger partial charge in [-0.3, -0.25) is 14.7 Å². The van der Waals surface area contributed by atoms with Gasteiger partial charge in [-0.25, -0.2) is 9.37 Å². The molecule has 0 bridgehead atoms. The SMILES string of the molecule is CC1(c2ccc(Cl)cc2F)Oc2cccc(C3CCN(Cc4nc5cc(NC(=O)c6cccnc6)ccc5n4C[C@@H]4CCO4)CC3)c2O1. The fraction of sp³-hybridized carbons (Fsp3) is 0.324. The molecule has 0 radical (unpaired) electrons. The van der Waals surface area contributed by atoms with E-state index in [1.54, 1.807) is 43.6 Å². The third kappa shape index (κ3) is 5.89. The number of pyridine rings is 1. The summed E-state index contributed by atoms with van der Waals surface area (Å²) in [5.41, 5.74) is 4.43. The summed E-state index contributed by atoms with van der Waals surface area (Å²) in [7, 11) is 0. The fourth-order valence-corrected chi connectivity index (χ4v) is 7.11. The zero-order valence-corrected chi connectivity index (χ0v) is 27.3. The van der Waals surface area contributed by atoms with Gasteiger partial charge in [0.15, 0.2) is 11.5 Å². The standard InChI is InChI=1S/C37H35ClFN5O4/c1-37(29-9-7-25(38)18-30(29)39)47-33-6-2-5-28(35(33)48-37)23-11-15-43(16-12-23)22-34-42-31-19-26(41-36(45)24-4-3-14-40-20-24)8-10-32(31)44(34)21-27-13-17-46-27/h2-10,14,18-20,23,27H,11-13,15-17,21-22H2,1H3,(H,41,45)/t27-,37?/m0/s1. The van der Waals surface area contributed by atoms with Crippen molar-refractivity contribution in [2.75, 3.05) is 25.0 Å². The molecule has 5 aromatic rings. The molecule has 246 valence electrons. The van der Waals surface area contributed by atoms with Crippen molar-refractivity contribution in [2.24, 2.45) is 0 Å². The van der Waals surface area contributed by atoms with Gasteiger partial charge in [0.05, 0.1) is 41.4 Å². The van der Waals surface area contributed by atoms with Crippen LogP contribution < -0.4 is 14.8 Å². The Morgan fingerprint density at radius 2 is 1.92 bits per heavy atom. The van der Waals surface area contributed by atoms with E-state index in [-0.39, 0.29) is 17.9 Å². The van der Waals surface area contributed by atoms with Crippen LogP contribution >= 0.6 is 11.6 Å². The highest BCUT2D eigenvalue weighted by Gasteiger charge is 2.43. The molecule has 1 N–H and O–H groups in total. The van der Waals surface area contributed by atoms with Crippen LogP contribution in [0.2, 0.25) is 5.02 Å². The van der Waals surface area contributed by atoms with Crippen LogP contribution in [0.25, 0.3) is 11.0 Å². The summed E-state index contributed by atoms with van der Waals surface area (Å²) in [5.74, 6) is 0.594. The van der Waals surface area contributed by atoms with Crippen molar-refractivity contribution in [2.45, 2.75) is 57.1 Å². The molecule has 2 atom stereocenters. The first kappa shape index (κ1) is 30.8. The summed E-state index contributed by atoms with van der Waals surface area (Å²) in [6, 6.07) is 19.8. The molecule has 0 spiro atoms. The highest BCUT2D eigenvalue weighted by molar-refractivity contribution is 6.30. The highest BCUT2D eigenvalue weighted by Crippen LogP contribution is 2.50. The molecule has 2 aromatic heterocycles. The topological polar surface area (TPSA) is 90.7 Å². The van der Waals surface area contributed by atoms with E-state index >= 15 is 0 Å². The van der Waals surface area contributed by atoms with Gasteiger partial charge in [0.25, 0.3) is 11.7 Å². The van der Waals surface area contributed by atoms with Crippen LogP contribution in [0.4, 0.5) is 10.1 Å². The second-order valence-electron chi connectivity index (χ2n) is 12.8. The molecule has 1 unspecified atom stereocenters. The van der Waals surface area contributed by atoms with E-state index in [1.807, 2.05) is 30.3 Å². The normalized spacial score (nSPS) is 20.9. The van der Waals surface area contributed by atoms with Crippen LogP contribution in [-0.4, -0.2) is 51.1 Å². The van der Waals surface area contributed by atoms with Crippen molar-refractivity contribution in [1.29, 1.82) is 0 Å². The van der Waals surface area contributed by atoms with Gasteiger partial charge in [0, 0.05) is 42.2 Å². The van der Waals surface area contributed by atoms with Gasteiger partial charge in [0.2, 0.25) is 0 Å². The lowest BCUT2D eigenvalue weighted by Crippen LogP contribution is -2.35. The fourth-order valence-electron chi connectivity index (χ4n) is 6.95. The number of aromatic nitrogens is 3. The number of imidazole rings is 1. The molecule has 3 aliphatic rings. The van der Waals surface area contributed by atoms with Crippen molar-refractivity contribution in [3.05, 3.63) is 112 Å². The summed E-state index contributed by atoms with van der Waals surface area (Å²) in [6.45, 7) is 5.73. The summed E-state index contributed by atoms with van der Waals surface area (Å²) < 4.78 is 35.6. The second kappa shape index (κ2) is 12.5. The number of likely N-dealkylation sites (tertiary alicyclic amines) is 1. The first-order valence-electron chi connectivity index (χ1n) is 16.3. The molecule has 0 saturated carbocycles. The summed E-state index contributed by atoms with van der Waals surface area (Å²) in [6.07, 6.45) is 6.26. The lowest BCUT2D eigenvalue weighted by Gasteiger charge is -2.33. The van der Waals surface area contributed by atoms with Crippen molar-refractivity contribution < 1.29 is 23.4 Å². The van der Waals surface area contributed by atoms with E-state index in [0.717, 1.165) is 67.9 Å². The van der Waals surface area contributed by atoms with E-state index in [0.29, 0.717) is 39.9 Å². The van der Waals surface area contributed by atoms with E-state index in [1.165, 1.54) is 6.07 Å². The smallest absolute Gasteiger partial charge is 0.278 e. The monoisotopic (exact) mass is 667 g/mol. The molecule has 0 aliphatic carbocycles. The average Bonchev–Trinajstić information content (AvgIpc) is 3.59. The number of amides is 1. The van der Waals surface area contributed by atoms with E-state index in [9.17, 15) is 9.18 Å². The number of hydrogen-bond acceptors (Lipinski definition) is 7. The molecule has 8 rings (SSSR count). The van der Waals surface area contributed by atoms with Crippen LogP contribution in [-0.2, 0) is 23.6 Å². The zero-order chi connectivity index (χ0) is 32.8. The number of carbonyl (C=O) groups excluding carboxylic acids is 1. The van der Waals surface area contributed by atoms with Crippen molar-refractivity contribution in [3.8, 4) is 11.5 Å².